The number of hydrogen-bond donors (Lipinski definition) is 0. The maximum atomic E-state index is 12.4. The average Bonchev–Trinajstić information content (AvgIpc) is 3.19. The van der Waals surface area contributed by atoms with Crippen LogP contribution in [-0.4, -0.2) is 71.4 Å². The number of hydrogen-bond acceptors (Lipinski definition) is 7. The van der Waals surface area contributed by atoms with Crippen molar-refractivity contribution >= 4 is 29.6 Å². The molecule has 4 rings (SSSR count). The lowest BCUT2D eigenvalue weighted by Crippen LogP contribution is -2.41. The molecule has 0 spiro atoms. The highest BCUT2D eigenvalue weighted by atomic mass is 16.6. The number of methoxy groups -OCH3 is 2. The molecule has 32 heavy (non-hydrogen) atoms. The van der Waals surface area contributed by atoms with Crippen LogP contribution < -0.4 is 19.3 Å². The van der Waals surface area contributed by atoms with Crippen LogP contribution in [0.4, 0.5) is 16.2 Å². The second-order valence-electron chi connectivity index (χ2n) is 7.34. The summed E-state index contributed by atoms with van der Waals surface area (Å²) in [5.41, 5.74) is 2.36. The van der Waals surface area contributed by atoms with E-state index >= 15 is 0 Å². The Morgan fingerprint density at radius 1 is 1.03 bits per heavy atom. The summed E-state index contributed by atoms with van der Waals surface area (Å²) >= 11 is 0. The van der Waals surface area contributed by atoms with Gasteiger partial charge in [-0.1, -0.05) is 0 Å². The SMILES string of the molecule is COc1ccc(/C=N/C[C@H]2CN(c3ccc(N4CCOCC4=O)cc3)C(=O)O2)cc1OC. The molecule has 9 nitrogen and oxygen atoms in total. The Morgan fingerprint density at radius 2 is 1.75 bits per heavy atom. The van der Waals surface area contributed by atoms with Crippen LogP contribution in [0.2, 0.25) is 0 Å². The lowest BCUT2D eigenvalue weighted by atomic mass is 10.2. The van der Waals surface area contributed by atoms with Crippen LogP contribution >= 0.6 is 0 Å². The molecule has 2 aromatic rings. The van der Waals surface area contributed by atoms with Gasteiger partial charge in [-0.15, -0.1) is 0 Å². The number of morpholine rings is 1. The summed E-state index contributed by atoms with van der Waals surface area (Å²) < 4.78 is 21.2. The maximum Gasteiger partial charge on any atom is 0.414 e. The molecule has 0 radical (unpaired) electrons. The van der Waals surface area contributed by atoms with Crippen molar-refractivity contribution in [2.24, 2.45) is 4.99 Å². The van der Waals surface area contributed by atoms with E-state index in [1.54, 1.807) is 30.2 Å². The first-order valence-corrected chi connectivity index (χ1v) is 10.3. The largest absolute Gasteiger partial charge is 0.493 e. The van der Waals surface area contributed by atoms with Gasteiger partial charge in [0.05, 0.1) is 33.9 Å². The molecule has 2 aliphatic heterocycles. The van der Waals surface area contributed by atoms with Gasteiger partial charge in [-0.2, -0.15) is 0 Å². The van der Waals surface area contributed by atoms with Crippen LogP contribution in [0.25, 0.3) is 0 Å². The summed E-state index contributed by atoms with van der Waals surface area (Å²) in [5, 5.41) is 0. The Balaban J connectivity index is 1.36. The average molecular weight is 439 g/mol. The second kappa shape index (κ2) is 9.69. The number of nitrogens with zero attached hydrogens (tertiary/aromatic N) is 3. The third-order valence-corrected chi connectivity index (χ3v) is 5.29. The molecule has 0 saturated carbocycles. The molecule has 0 bridgehead atoms. The summed E-state index contributed by atoms with van der Waals surface area (Å²) in [5.74, 6) is 1.20. The summed E-state index contributed by atoms with van der Waals surface area (Å²) in [4.78, 5) is 32.0. The van der Waals surface area contributed by atoms with E-state index in [0.717, 1.165) is 11.3 Å². The normalized spacial score (nSPS) is 18.9. The lowest BCUT2D eigenvalue weighted by Gasteiger charge is -2.27. The Kier molecular flexibility index (Phi) is 6.55. The molecule has 2 fully saturated rings. The minimum absolute atomic E-state index is 0.0722. The van der Waals surface area contributed by atoms with Crippen molar-refractivity contribution in [3.8, 4) is 11.5 Å². The molecule has 1 atom stereocenters. The highest BCUT2D eigenvalue weighted by molar-refractivity contribution is 5.95. The standard InChI is InChI=1S/C23H25N3O6/c1-29-20-8-3-16(11-21(20)30-2)12-24-13-19-14-26(23(28)32-19)18-6-4-17(5-7-18)25-9-10-31-15-22(25)27/h3-8,11-12,19H,9-10,13-15H2,1-2H3/b24-12+/t19-/m0/s1. The van der Waals surface area contributed by atoms with Crippen molar-refractivity contribution in [1.82, 2.24) is 0 Å². The van der Waals surface area contributed by atoms with Gasteiger partial charge in [0.2, 0.25) is 0 Å². The van der Waals surface area contributed by atoms with Gasteiger partial charge in [-0.25, -0.2) is 4.79 Å². The highest BCUT2D eigenvalue weighted by Gasteiger charge is 2.32. The zero-order chi connectivity index (χ0) is 22.5. The van der Waals surface area contributed by atoms with Crippen LogP contribution in [0.5, 0.6) is 11.5 Å². The summed E-state index contributed by atoms with van der Waals surface area (Å²) in [7, 11) is 3.16. The molecule has 2 heterocycles. The zero-order valence-electron chi connectivity index (χ0n) is 18.0. The number of carbonyl (C=O) groups excluding carboxylic acids is 2. The molecule has 0 unspecified atom stereocenters. The van der Waals surface area contributed by atoms with E-state index in [-0.39, 0.29) is 18.6 Å². The summed E-state index contributed by atoms with van der Waals surface area (Å²) in [6, 6.07) is 12.8. The molecule has 0 aromatic heterocycles. The minimum Gasteiger partial charge on any atom is -0.493 e. The zero-order valence-corrected chi connectivity index (χ0v) is 18.0. The summed E-state index contributed by atoms with van der Waals surface area (Å²) in [6.45, 7) is 1.86. The van der Waals surface area contributed by atoms with Crippen LogP contribution in [-0.2, 0) is 14.3 Å². The number of amides is 2. The van der Waals surface area contributed by atoms with E-state index in [4.69, 9.17) is 18.9 Å². The van der Waals surface area contributed by atoms with E-state index in [2.05, 4.69) is 4.99 Å². The molecule has 2 amide bonds. The van der Waals surface area contributed by atoms with Crippen molar-refractivity contribution in [2.75, 3.05) is 56.9 Å². The molecular formula is C23H25N3O6. The van der Waals surface area contributed by atoms with E-state index in [9.17, 15) is 9.59 Å². The molecule has 2 aliphatic rings. The van der Waals surface area contributed by atoms with Crippen molar-refractivity contribution in [3.05, 3.63) is 48.0 Å². The van der Waals surface area contributed by atoms with Crippen LogP contribution in [0.3, 0.4) is 0 Å². The molecular weight excluding hydrogens is 414 g/mol. The minimum atomic E-state index is -0.411. The van der Waals surface area contributed by atoms with E-state index in [1.807, 2.05) is 42.5 Å². The number of ether oxygens (including phenoxy) is 4. The van der Waals surface area contributed by atoms with Crippen LogP contribution in [0.1, 0.15) is 5.56 Å². The van der Waals surface area contributed by atoms with Gasteiger partial charge >= 0.3 is 6.09 Å². The Morgan fingerprint density at radius 3 is 2.44 bits per heavy atom. The topological polar surface area (TPSA) is 89.9 Å². The summed E-state index contributed by atoms with van der Waals surface area (Å²) in [6.07, 6.45) is 0.956. The molecule has 2 saturated heterocycles. The van der Waals surface area contributed by atoms with Gasteiger partial charge in [0.15, 0.2) is 11.5 Å². The van der Waals surface area contributed by atoms with E-state index < -0.39 is 6.09 Å². The molecule has 2 aromatic carbocycles. The number of cyclic esters (lactones) is 1. The third-order valence-electron chi connectivity index (χ3n) is 5.29. The predicted octanol–water partition coefficient (Wildman–Crippen LogP) is 2.51. The fourth-order valence-corrected chi connectivity index (χ4v) is 3.64. The van der Waals surface area contributed by atoms with Gasteiger partial charge in [0, 0.05) is 24.1 Å². The maximum absolute atomic E-state index is 12.4. The van der Waals surface area contributed by atoms with Gasteiger partial charge < -0.3 is 23.8 Å². The van der Waals surface area contributed by atoms with Gasteiger partial charge in [-0.3, -0.25) is 14.7 Å². The van der Waals surface area contributed by atoms with Crippen molar-refractivity contribution in [2.45, 2.75) is 6.10 Å². The second-order valence-corrected chi connectivity index (χ2v) is 7.34. The van der Waals surface area contributed by atoms with E-state index in [1.165, 1.54) is 0 Å². The van der Waals surface area contributed by atoms with E-state index in [0.29, 0.717) is 43.4 Å². The Bertz CT molecular complexity index is 1010. The monoisotopic (exact) mass is 439 g/mol. The predicted molar refractivity (Wildman–Crippen MR) is 119 cm³/mol. The lowest BCUT2D eigenvalue weighted by molar-refractivity contribution is -0.125. The number of rotatable bonds is 7. The number of anilines is 2. The third kappa shape index (κ3) is 4.67. The van der Waals surface area contributed by atoms with Crippen molar-refractivity contribution < 1.29 is 28.5 Å². The molecule has 9 heteroatoms. The van der Waals surface area contributed by atoms with Crippen molar-refractivity contribution in [1.29, 1.82) is 0 Å². The molecule has 0 N–H and O–H groups in total. The first kappa shape index (κ1) is 21.6. The molecule has 168 valence electrons. The Hall–Kier alpha value is -3.59. The van der Waals surface area contributed by atoms with Crippen molar-refractivity contribution in [3.63, 3.8) is 0 Å². The smallest absolute Gasteiger partial charge is 0.414 e. The number of aliphatic imine (C=N–C) groups is 1. The number of benzene rings is 2. The highest BCUT2D eigenvalue weighted by Crippen LogP contribution is 2.27. The van der Waals surface area contributed by atoms with Crippen LogP contribution in [0, 0.1) is 0 Å². The van der Waals surface area contributed by atoms with Gasteiger partial charge in [-0.05, 0) is 48.0 Å². The first-order valence-electron chi connectivity index (χ1n) is 10.3. The fraction of sp³-hybridized carbons (Fsp3) is 0.348. The van der Waals surface area contributed by atoms with Crippen LogP contribution in [0.15, 0.2) is 47.5 Å². The quantitative estimate of drug-likeness (QED) is 0.616. The fourth-order valence-electron chi connectivity index (χ4n) is 3.64. The number of carbonyl (C=O) groups is 2. The van der Waals surface area contributed by atoms with Gasteiger partial charge in [0.1, 0.15) is 12.7 Å². The Labute approximate surface area is 186 Å². The molecule has 0 aliphatic carbocycles. The first-order chi connectivity index (χ1) is 15.6. The van der Waals surface area contributed by atoms with Gasteiger partial charge in [0.25, 0.3) is 5.91 Å².